The molecule has 1 aliphatic carbocycles. The second-order valence-corrected chi connectivity index (χ2v) is 8.04. The molecule has 162 valence electrons. The maximum atomic E-state index is 11.7. The lowest BCUT2D eigenvalue weighted by molar-refractivity contribution is -0.139. The minimum absolute atomic E-state index is 0.163. The van der Waals surface area contributed by atoms with Gasteiger partial charge in [0.05, 0.1) is 0 Å². The summed E-state index contributed by atoms with van der Waals surface area (Å²) in [5.74, 6) is -0.771. The molecule has 3 rings (SSSR count). The number of Topliss-reactive ketones (excluding diaryl/α,β-unsaturated/α-hetero) is 2. The topological polar surface area (TPSA) is 86.7 Å². The molecule has 1 saturated carbocycles. The van der Waals surface area contributed by atoms with Gasteiger partial charge in [0.25, 0.3) is 0 Å². The van der Waals surface area contributed by atoms with Crippen molar-refractivity contribution in [1.29, 1.82) is 0 Å². The van der Waals surface area contributed by atoms with E-state index in [1.54, 1.807) is 24.3 Å². The molecule has 1 fully saturated rings. The van der Waals surface area contributed by atoms with Crippen LogP contribution in [-0.2, 0) is 24.6 Å². The standard InChI is InChI=1S/C25H26O6/c1-17(26)15-23(28)30-21-9-5-19(6-10-21)25(13-3-4-14-25)20-7-11-22(12-8-20)31-24(29)16-18(2)27/h5-12H,3-4,13-16H2,1-2H3. The van der Waals surface area contributed by atoms with Crippen LogP contribution < -0.4 is 9.47 Å². The van der Waals surface area contributed by atoms with Gasteiger partial charge >= 0.3 is 11.9 Å². The van der Waals surface area contributed by atoms with E-state index in [2.05, 4.69) is 0 Å². The van der Waals surface area contributed by atoms with Crippen molar-refractivity contribution in [2.24, 2.45) is 0 Å². The van der Waals surface area contributed by atoms with E-state index in [0.29, 0.717) is 11.5 Å². The minimum atomic E-state index is -0.564. The van der Waals surface area contributed by atoms with E-state index in [0.717, 1.165) is 36.8 Å². The molecule has 0 N–H and O–H groups in total. The Hall–Kier alpha value is -3.28. The molecule has 6 heteroatoms. The first-order valence-corrected chi connectivity index (χ1v) is 10.4. The smallest absolute Gasteiger partial charge is 0.318 e. The van der Waals surface area contributed by atoms with Gasteiger partial charge in [-0.25, -0.2) is 0 Å². The van der Waals surface area contributed by atoms with Crippen LogP contribution in [0.4, 0.5) is 0 Å². The second kappa shape index (κ2) is 9.69. The van der Waals surface area contributed by atoms with Crippen LogP contribution >= 0.6 is 0 Å². The number of carbonyl (C=O) groups is 4. The number of ether oxygens (including phenoxy) is 2. The molecule has 2 aromatic carbocycles. The fourth-order valence-electron chi connectivity index (χ4n) is 4.15. The van der Waals surface area contributed by atoms with Gasteiger partial charge in [-0.3, -0.25) is 19.2 Å². The fourth-order valence-corrected chi connectivity index (χ4v) is 4.15. The Morgan fingerprint density at radius 1 is 0.677 bits per heavy atom. The van der Waals surface area contributed by atoms with E-state index in [9.17, 15) is 19.2 Å². The first-order chi connectivity index (χ1) is 14.8. The van der Waals surface area contributed by atoms with Crippen LogP contribution in [0.15, 0.2) is 48.5 Å². The lowest BCUT2D eigenvalue weighted by atomic mass is 9.73. The van der Waals surface area contributed by atoms with Crippen LogP contribution in [0.3, 0.4) is 0 Å². The zero-order valence-corrected chi connectivity index (χ0v) is 17.8. The van der Waals surface area contributed by atoms with Gasteiger partial charge < -0.3 is 9.47 Å². The van der Waals surface area contributed by atoms with Crippen molar-refractivity contribution in [3.05, 3.63) is 59.7 Å². The molecule has 0 atom stereocenters. The van der Waals surface area contributed by atoms with E-state index in [4.69, 9.17) is 9.47 Å². The van der Waals surface area contributed by atoms with Crippen molar-refractivity contribution in [3.63, 3.8) is 0 Å². The summed E-state index contributed by atoms with van der Waals surface area (Å²) in [6.07, 6.45) is 3.69. The highest BCUT2D eigenvalue weighted by atomic mass is 16.5. The third-order valence-electron chi connectivity index (χ3n) is 5.52. The Balaban J connectivity index is 1.77. The fraction of sp³-hybridized carbons (Fsp3) is 0.360. The van der Waals surface area contributed by atoms with Crippen molar-refractivity contribution < 1.29 is 28.7 Å². The van der Waals surface area contributed by atoms with Crippen molar-refractivity contribution >= 4 is 23.5 Å². The first-order valence-electron chi connectivity index (χ1n) is 10.4. The normalized spacial score (nSPS) is 14.6. The number of benzene rings is 2. The van der Waals surface area contributed by atoms with Crippen LogP contribution in [0.25, 0.3) is 0 Å². The number of ketones is 2. The first kappa shape index (κ1) is 22.4. The molecule has 0 saturated heterocycles. The Morgan fingerprint density at radius 3 is 1.35 bits per heavy atom. The van der Waals surface area contributed by atoms with E-state index >= 15 is 0 Å². The summed E-state index contributed by atoms with van der Waals surface area (Å²) in [5, 5.41) is 0. The quantitative estimate of drug-likeness (QED) is 0.358. The molecule has 0 spiro atoms. The van der Waals surface area contributed by atoms with Gasteiger partial charge in [0.1, 0.15) is 35.9 Å². The van der Waals surface area contributed by atoms with Crippen molar-refractivity contribution in [1.82, 2.24) is 0 Å². The van der Waals surface area contributed by atoms with Gasteiger partial charge in [0.2, 0.25) is 0 Å². The predicted octanol–water partition coefficient (Wildman–Crippen LogP) is 4.32. The van der Waals surface area contributed by atoms with Crippen molar-refractivity contribution in [2.45, 2.75) is 57.8 Å². The Bertz CT molecular complexity index is 891. The second-order valence-electron chi connectivity index (χ2n) is 8.04. The Labute approximate surface area is 181 Å². The van der Waals surface area contributed by atoms with Crippen molar-refractivity contribution in [2.75, 3.05) is 0 Å². The molecule has 0 aromatic heterocycles. The molecule has 31 heavy (non-hydrogen) atoms. The SMILES string of the molecule is CC(=O)CC(=O)Oc1ccc(C2(c3ccc(OC(=O)CC(C)=O)cc3)CCCC2)cc1. The molecule has 0 amide bonds. The monoisotopic (exact) mass is 422 g/mol. The number of hydrogen-bond donors (Lipinski definition) is 0. The molecule has 0 unspecified atom stereocenters. The summed E-state index contributed by atoms with van der Waals surface area (Å²) in [7, 11) is 0. The zero-order valence-electron chi connectivity index (χ0n) is 17.8. The highest BCUT2D eigenvalue weighted by Gasteiger charge is 2.37. The van der Waals surface area contributed by atoms with Crippen LogP contribution in [0.1, 0.15) is 63.5 Å². The number of hydrogen-bond acceptors (Lipinski definition) is 6. The maximum absolute atomic E-state index is 11.7. The van der Waals surface area contributed by atoms with Gasteiger partial charge in [-0.1, -0.05) is 37.1 Å². The predicted molar refractivity (Wildman–Crippen MR) is 114 cm³/mol. The molecule has 0 bridgehead atoms. The number of rotatable bonds is 8. The van der Waals surface area contributed by atoms with Gasteiger partial charge in [-0.05, 0) is 62.1 Å². The lowest BCUT2D eigenvalue weighted by Crippen LogP contribution is -2.23. The largest absolute Gasteiger partial charge is 0.426 e. The third-order valence-corrected chi connectivity index (χ3v) is 5.52. The molecule has 1 aliphatic rings. The molecule has 2 aromatic rings. The maximum Gasteiger partial charge on any atom is 0.318 e. The van der Waals surface area contributed by atoms with Crippen LogP contribution in [0, 0.1) is 0 Å². The molecule has 0 aliphatic heterocycles. The summed E-state index contributed by atoms with van der Waals surface area (Å²) in [6, 6.07) is 14.9. The minimum Gasteiger partial charge on any atom is -0.426 e. The van der Waals surface area contributed by atoms with Crippen LogP contribution in [0.2, 0.25) is 0 Å². The molecular formula is C25H26O6. The highest BCUT2D eigenvalue weighted by Crippen LogP contribution is 2.47. The highest BCUT2D eigenvalue weighted by molar-refractivity contribution is 5.95. The number of esters is 2. The van der Waals surface area contributed by atoms with Gasteiger partial charge in [0.15, 0.2) is 0 Å². The number of carbonyl (C=O) groups excluding carboxylic acids is 4. The average Bonchev–Trinajstić information content (AvgIpc) is 3.19. The Morgan fingerprint density at radius 2 is 1.03 bits per heavy atom. The van der Waals surface area contributed by atoms with E-state index in [-0.39, 0.29) is 29.8 Å². The molecular weight excluding hydrogens is 396 g/mol. The van der Waals surface area contributed by atoms with Gasteiger partial charge in [-0.15, -0.1) is 0 Å². The van der Waals surface area contributed by atoms with Gasteiger partial charge in [0, 0.05) is 5.41 Å². The lowest BCUT2D eigenvalue weighted by Gasteiger charge is -2.30. The van der Waals surface area contributed by atoms with E-state index in [1.807, 2.05) is 24.3 Å². The molecule has 6 nitrogen and oxygen atoms in total. The van der Waals surface area contributed by atoms with E-state index in [1.165, 1.54) is 13.8 Å². The zero-order chi connectivity index (χ0) is 22.4. The van der Waals surface area contributed by atoms with Crippen molar-refractivity contribution in [3.8, 4) is 11.5 Å². The summed E-state index contributed by atoms with van der Waals surface area (Å²) < 4.78 is 10.5. The molecule has 0 heterocycles. The Kier molecular flexibility index (Phi) is 7.00. The molecule has 0 radical (unpaired) electrons. The van der Waals surface area contributed by atoms with E-state index < -0.39 is 11.9 Å². The average molecular weight is 422 g/mol. The third kappa shape index (κ3) is 5.66. The summed E-state index contributed by atoms with van der Waals surface area (Å²) in [6.45, 7) is 2.70. The summed E-state index contributed by atoms with van der Waals surface area (Å²) in [5.41, 5.74) is 2.08. The summed E-state index contributed by atoms with van der Waals surface area (Å²) >= 11 is 0. The van der Waals surface area contributed by atoms with Gasteiger partial charge in [-0.2, -0.15) is 0 Å². The summed E-state index contributed by atoms with van der Waals surface area (Å²) in [4.78, 5) is 45.6. The van der Waals surface area contributed by atoms with Crippen LogP contribution in [-0.4, -0.2) is 23.5 Å². The van der Waals surface area contributed by atoms with Crippen LogP contribution in [0.5, 0.6) is 11.5 Å².